The van der Waals surface area contributed by atoms with Gasteiger partial charge < -0.3 is 21.3 Å². The smallest absolute Gasteiger partial charge is 0.322 e. The van der Waals surface area contributed by atoms with Gasteiger partial charge in [0.2, 0.25) is 0 Å². The summed E-state index contributed by atoms with van der Waals surface area (Å²) in [5.74, 6) is -0.0266. The Morgan fingerprint density at radius 2 is 1.65 bits per heavy atom. The normalized spacial score (nSPS) is 14.1. The molecule has 100 valence electrons. The van der Waals surface area contributed by atoms with E-state index in [0.717, 1.165) is 0 Å². The number of carbonyl (C=O) groups excluding carboxylic acids is 1. The summed E-state index contributed by atoms with van der Waals surface area (Å²) in [6.45, 7) is 0. The Morgan fingerprint density at radius 1 is 1.18 bits per heavy atom. The lowest BCUT2D eigenvalue weighted by Crippen LogP contribution is -2.32. The summed E-state index contributed by atoms with van der Waals surface area (Å²) in [7, 11) is 4.37. The van der Waals surface area contributed by atoms with E-state index >= 15 is 0 Å². The van der Waals surface area contributed by atoms with E-state index in [9.17, 15) is 9.59 Å². The quantitative estimate of drug-likeness (QED) is 0.309. The zero-order chi connectivity index (χ0) is 13.3. The van der Waals surface area contributed by atoms with Gasteiger partial charge in [-0.15, -0.1) is 0 Å². The average molecular weight is 282 g/mol. The molecular formula is C9H18N2O4S2. The number of methoxy groups -OCH3 is 1. The lowest BCUT2D eigenvalue weighted by atomic mass is 10.2. The van der Waals surface area contributed by atoms with Crippen LogP contribution < -0.4 is 11.5 Å². The molecule has 0 heterocycles. The summed E-state index contributed by atoms with van der Waals surface area (Å²) in [5, 5.41) is 8.54. The molecule has 2 atom stereocenters. The van der Waals surface area contributed by atoms with Gasteiger partial charge in [0, 0.05) is 11.5 Å². The molecule has 0 fully saturated rings. The molecule has 17 heavy (non-hydrogen) atoms. The van der Waals surface area contributed by atoms with Gasteiger partial charge in [-0.1, -0.05) is 21.6 Å². The van der Waals surface area contributed by atoms with Crippen molar-refractivity contribution in [1.29, 1.82) is 0 Å². The van der Waals surface area contributed by atoms with Crippen LogP contribution in [-0.2, 0) is 14.3 Å². The molecule has 0 aliphatic carbocycles. The third kappa shape index (κ3) is 8.31. The first-order chi connectivity index (χ1) is 7.99. The van der Waals surface area contributed by atoms with Gasteiger partial charge in [-0.2, -0.15) is 0 Å². The number of carboxylic acids is 1. The van der Waals surface area contributed by atoms with Crippen LogP contribution in [0, 0.1) is 0 Å². The van der Waals surface area contributed by atoms with E-state index in [1.54, 1.807) is 10.8 Å². The number of nitrogens with two attached hydrogens (primary N) is 2. The summed E-state index contributed by atoms with van der Waals surface area (Å²) in [5.41, 5.74) is 10.9. The van der Waals surface area contributed by atoms with Gasteiger partial charge in [-0.05, 0) is 12.8 Å². The second-order valence-electron chi connectivity index (χ2n) is 3.30. The SMILES string of the molecule is COC(=O)[C@H](N)CCSSCCC(N)C(=O)O. The predicted molar refractivity (Wildman–Crippen MR) is 69.8 cm³/mol. The minimum atomic E-state index is -0.983. The third-order valence-corrected chi connectivity index (χ3v) is 4.40. The minimum Gasteiger partial charge on any atom is -0.480 e. The lowest BCUT2D eigenvalue weighted by Gasteiger charge is -2.08. The van der Waals surface area contributed by atoms with Crippen LogP contribution in [0.1, 0.15) is 12.8 Å². The maximum atomic E-state index is 11.0. The number of hydrogen-bond donors (Lipinski definition) is 3. The Kier molecular flexibility index (Phi) is 9.33. The van der Waals surface area contributed by atoms with Crippen LogP contribution >= 0.6 is 21.6 Å². The first-order valence-corrected chi connectivity index (χ1v) is 7.54. The molecule has 0 aromatic carbocycles. The molecule has 8 heteroatoms. The number of ether oxygens (including phenoxy) is 1. The van der Waals surface area contributed by atoms with E-state index in [-0.39, 0.29) is 0 Å². The van der Waals surface area contributed by atoms with Crippen molar-refractivity contribution in [2.75, 3.05) is 18.6 Å². The van der Waals surface area contributed by atoms with Crippen molar-refractivity contribution >= 4 is 33.5 Å². The van der Waals surface area contributed by atoms with Gasteiger partial charge in [0.15, 0.2) is 0 Å². The van der Waals surface area contributed by atoms with Crippen LogP contribution in [0.5, 0.6) is 0 Å². The highest BCUT2D eigenvalue weighted by Gasteiger charge is 2.13. The van der Waals surface area contributed by atoms with E-state index in [0.29, 0.717) is 24.3 Å². The Morgan fingerprint density at radius 3 is 2.06 bits per heavy atom. The van der Waals surface area contributed by atoms with Crippen LogP contribution in [0.25, 0.3) is 0 Å². The monoisotopic (exact) mass is 282 g/mol. The number of hydrogen-bond acceptors (Lipinski definition) is 7. The maximum absolute atomic E-state index is 11.0. The zero-order valence-corrected chi connectivity index (χ0v) is 11.3. The summed E-state index contributed by atoms with van der Waals surface area (Å²) < 4.78 is 4.49. The van der Waals surface area contributed by atoms with Gasteiger partial charge in [-0.3, -0.25) is 9.59 Å². The van der Waals surface area contributed by atoms with Crippen molar-refractivity contribution in [2.45, 2.75) is 24.9 Å². The molecule has 1 unspecified atom stereocenters. The lowest BCUT2D eigenvalue weighted by molar-refractivity contribution is -0.142. The second-order valence-corrected chi connectivity index (χ2v) is 6.00. The Balaban J connectivity index is 3.41. The van der Waals surface area contributed by atoms with Crippen molar-refractivity contribution in [3.63, 3.8) is 0 Å². The summed E-state index contributed by atoms with van der Waals surface area (Å²) in [4.78, 5) is 21.4. The molecule has 0 aliphatic heterocycles. The van der Waals surface area contributed by atoms with Crippen molar-refractivity contribution in [3.05, 3.63) is 0 Å². The van der Waals surface area contributed by atoms with E-state index in [2.05, 4.69) is 4.74 Å². The Labute approximate surface area is 108 Å². The topological polar surface area (TPSA) is 116 Å². The Hall–Kier alpha value is -0.440. The summed E-state index contributed by atoms with van der Waals surface area (Å²) >= 11 is 0. The fourth-order valence-electron chi connectivity index (χ4n) is 0.861. The standard InChI is InChI=1S/C9H18N2O4S2/c1-15-9(14)7(11)3-5-17-16-4-2-6(10)8(12)13/h6-7H,2-5,10-11H2,1H3,(H,12,13)/t6?,7-/m1/s1. The molecule has 0 saturated carbocycles. The number of carboxylic acid groups (broad SMARTS) is 1. The van der Waals surface area contributed by atoms with Gasteiger partial charge in [-0.25, -0.2) is 0 Å². The molecule has 6 nitrogen and oxygen atoms in total. The van der Waals surface area contributed by atoms with Crippen molar-refractivity contribution < 1.29 is 19.4 Å². The highest BCUT2D eigenvalue weighted by Crippen LogP contribution is 2.23. The second kappa shape index (κ2) is 9.58. The van der Waals surface area contributed by atoms with Gasteiger partial charge in [0.25, 0.3) is 0 Å². The largest absolute Gasteiger partial charge is 0.480 e. The van der Waals surface area contributed by atoms with Crippen LogP contribution in [0.4, 0.5) is 0 Å². The van der Waals surface area contributed by atoms with E-state index in [1.165, 1.54) is 17.9 Å². The van der Waals surface area contributed by atoms with Crippen molar-refractivity contribution in [3.8, 4) is 0 Å². The van der Waals surface area contributed by atoms with Crippen LogP contribution in [-0.4, -0.2) is 47.7 Å². The number of rotatable bonds is 9. The highest BCUT2D eigenvalue weighted by molar-refractivity contribution is 8.76. The zero-order valence-electron chi connectivity index (χ0n) is 9.63. The van der Waals surface area contributed by atoms with Gasteiger partial charge >= 0.3 is 11.9 Å². The van der Waals surface area contributed by atoms with Crippen molar-refractivity contribution in [1.82, 2.24) is 0 Å². The van der Waals surface area contributed by atoms with Crippen LogP contribution in [0.3, 0.4) is 0 Å². The van der Waals surface area contributed by atoms with Gasteiger partial charge in [0.05, 0.1) is 7.11 Å². The molecule has 0 rings (SSSR count). The molecule has 0 aromatic rings. The Bertz CT molecular complexity index is 253. The summed E-state index contributed by atoms with van der Waals surface area (Å²) in [6, 6.07) is -1.39. The summed E-state index contributed by atoms with van der Waals surface area (Å²) in [6.07, 6.45) is 0.964. The molecule has 0 bridgehead atoms. The predicted octanol–water partition coefficient (Wildman–Crippen LogP) is 0.0602. The number of carbonyl (C=O) groups is 2. The van der Waals surface area contributed by atoms with Crippen LogP contribution in [0.2, 0.25) is 0 Å². The first-order valence-electron chi connectivity index (χ1n) is 5.05. The molecule has 0 aliphatic rings. The molecule has 0 spiro atoms. The maximum Gasteiger partial charge on any atom is 0.322 e. The molecule has 5 N–H and O–H groups in total. The number of aliphatic carboxylic acids is 1. The first kappa shape index (κ1) is 16.6. The van der Waals surface area contributed by atoms with E-state index in [1.807, 2.05) is 0 Å². The number of esters is 1. The van der Waals surface area contributed by atoms with Crippen LogP contribution in [0.15, 0.2) is 0 Å². The van der Waals surface area contributed by atoms with E-state index < -0.39 is 24.0 Å². The third-order valence-electron chi connectivity index (χ3n) is 1.93. The molecule has 0 aromatic heterocycles. The average Bonchev–Trinajstić information content (AvgIpc) is 2.31. The molecule has 0 amide bonds. The molecular weight excluding hydrogens is 264 g/mol. The molecule has 0 radical (unpaired) electrons. The fraction of sp³-hybridized carbons (Fsp3) is 0.778. The fourth-order valence-corrected chi connectivity index (χ4v) is 3.08. The minimum absolute atomic E-state index is 0.413. The highest BCUT2D eigenvalue weighted by atomic mass is 33.1. The van der Waals surface area contributed by atoms with Crippen molar-refractivity contribution in [2.24, 2.45) is 11.5 Å². The molecule has 0 saturated heterocycles. The van der Waals surface area contributed by atoms with E-state index in [4.69, 9.17) is 16.6 Å². The van der Waals surface area contributed by atoms with Gasteiger partial charge in [0.1, 0.15) is 12.1 Å².